The molecule has 0 spiro atoms. The first kappa shape index (κ1) is 20.7. The molecule has 1 aliphatic rings. The molecule has 5 nitrogen and oxygen atoms in total. The van der Waals surface area contributed by atoms with Crippen molar-refractivity contribution in [1.29, 1.82) is 0 Å². The molecule has 2 rings (SSSR count). The highest BCUT2D eigenvalue weighted by molar-refractivity contribution is 7.89. The fourth-order valence-electron chi connectivity index (χ4n) is 3.14. The second kappa shape index (κ2) is 7.96. The van der Waals surface area contributed by atoms with Crippen LogP contribution in [-0.4, -0.2) is 56.4 Å². The lowest BCUT2D eigenvalue weighted by atomic mass is 9.96. The highest BCUT2D eigenvalue weighted by Crippen LogP contribution is 2.26. The number of rotatable bonds is 5. The second-order valence-electron chi connectivity index (χ2n) is 6.61. The van der Waals surface area contributed by atoms with Gasteiger partial charge in [-0.2, -0.15) is 17.5 Å². The second-order valence-corrected chi connectivity index (χ2v) is 8.61. The Kier molecular flexibility index (Phi) is 6.33. The zero-order chi connectivity index (χ0) is 19.5. The van der Waals surface area contributed by atoms with Crippen LogP contribution in [-0.2, 0) is 10.0 Å². The number of sulfonamides is 1. The molecule has 0 aromatic heterocycles. The van der Waals surface area contributed by atoms with Crippen LogP contribution in [0.15, 0.2) is 29.2 Å². The maximum Gasteiger partial charge on any atom is 0.406 e. The summed E-state index contributed by atoms with van der Waals surface area (Å²) in [6, 6.07) is 4.98. The van der Waals surface area contributed by atoms with Gasteiger partial charge < -0.3 is 4.90 Å². The summed E-state index contributed by atoms with van der Waals surface area (Å²) in [7, 11) is -1.11. The van der Waals surface area contributed by atoms with Gasteiger partial charge in [0.15, 0.2) is 0 Å². The lowest BCUT2D eigenvalue weighted by Crippen LogP contribution is -2.38. The van der Waals surface area contributed by atoms with Crippen molar-refractivity contribution in [2.45, 2.75) is 49.2 Å². The summed E-state index contributed by atoms with van der Waals surface area (Å²) in [5.41, 5.74) is 0.0102. The summed E-state index contributed by atoms with van der Waals surface area (Å²) in [4.78, 5) is 12.6. The third-order valence-electron chi connectivity index (χ3n) is 4.63. The van der Waals surface area contributed by atoms with Crippen LogP contribution in [0.1, 0.15) is 42.5 Å². The van der Waals surface area contributed by atoms with E-state index in [9.17, 15) is 26.4 Å². The molecule has 1 saturated carbocycles. The molecule has 0 saturated heterocycles. The molecular formula is C17H23F3N2O3S. The van der Waals surface area contributed by atoms with Crippen LogP contribution in [0.5, 0.6) is 0 Å². The Bertz CT molecular complexity index is 727. The van der Waals surface area contributed by atoms with Crippen LogP contribution < -0.4 is 0 Å². The van der Waals surface area contributed by atoms with Crippen molar-refractivity contribution in [2.75, 3.05) is 20.6 Å². The molecule has 0 atom stereocenters. The monoisotopic (exact) mass is 392 g/mol. The number of hydrogen-bond donors (Lipinski definition) is 0. The first-order valence-corrected chi connectivity index (χ1v) is 9.87. The minimum atomic E-state index is -4.49. The van der Waals surface area contributed by atoms with E-state index < -0.39 is 28.7 Å². The van der Waals surface area contributed by atoms with Crippen LogP contribution in [0.2, 0.25) is 0 Å². The van der Waals surface area contributed by atoms with Crippen molar-refractivity contribution in [2.24, 2.45) is 0 Å². The van der Waals surface area contributed by atoms with Gasteiger partial charge >= 0.3 is 6.18 Å². The van der Waals surface area contributed by atoms with Crippen molar-refractivity contribution >= 4 is 15.9 Å². The molecule has 0 bridgehead atoms. The maximum atomic E-state index is 12.7. The van der Waals surface area contributed by atoms with E-state index in [-0.39, 0.29) is 16.5 Å². The zero-order valence-electron chi connectivity index (χ0n) is 14.8. The summed E-state index contributed by atoms with van der Waals surface area (Å²) in [5.74, 6) is -0.813. The lowest BCUT2D eigenvalue weighted by molar-refractivity contribution is -0.138. The average Bonchev–Trinajstić information content (AvgIpc) is 2.59. The standard InChI is InChI=1S/C17H23F3N2O3S/c1-21(12-17(18,19)20)16(23)13-8-10-15(11-9-13)26(24,25)22(2)14-6-4-3-5-7-14/h8-11,14H,3-7,12H2,1-2H3. The third kappa shape index (κ3) is 4.97. The number of hydrogen-bond acceptors (Lipinski definition) is 3. The third-order valence-corrected chi connectivity index (χ3v) is 6.55. The topological polar surface area (TPSA) is 57.7 Å². The van der Waals surface area contributed by atoms with Crippen molar-refractivity contribution in [3.63, 3.8) is 0 Å². The van der Waals surface area contributed by atoms with Crippen LogP contribution in [0, 0.1) is 0 Å². The van der Waals surface area contributed by atoms with E-state index in [1.165, 1.54) is 28.6 Å². The van der Waals surface area contributed by atoms with Gasteiger partial charge in [0.25, 0.3) is 5.91 Å². The van der Waals surface area contributed by atoms with E-state index in [2.05, 4.69) is 0 Å². The number of carbonyl (C=O) groups excluding carboxylic acids is 1. The normalized spacial score (nSPS) is 16.7. The van der Waals surface area contributed by atoms with Crippen molar-refractivity contribution in [3.05, 3.63) is 29.8 Å². The molecule has 1 fully saturated rings. The molecule has 0 unspecified atom stereocenters. The molecule has 0 N–H and O–H groups in total. The van der Waals surface area contributed by atoms with Gasteiger partial charge in [-0.1, -0.05) is 19.3 Å². The predicted octanol–water partition coefficient (Wildman–Crippen LogP) is 3.27. The summed E-state index contributed by atoms with van der Waals surface area (Å²) < 4.78 is 64.0. The number of nitrogens with zero attached hydrogens (tertiary/aromatic N) is 2. The minimum Gasteiger partial charge on any atom is -0.333 e. The quantitative estimate of drug-likeness (QED) is 0.773. The Morgan fingerprint density at radius 1 is 1.08 bits per heavy atom. The Morgan fingerprint density at radius 2 is 1.62 bits per heavy atom. The van der Waals surface area contributed by atoms with E-state index in [0.717, 1.165) is 39.2 Å². The van der Waals surface area contributed by atoms with Gasteiger partial charge in [0.1, 0.15) is 6.54 Å². The molecule has 0 aliphatic heterocycles. The molecule has 1 amide bonds. The largest absolute Gasteiger partial charge is 0.406 e. The molecule has 26 heavy (non-hydrogen) atoms. The number of alkyl halides is 3. The van der Waals surface area contributed by atoms with E-state index in [0.29, 0.717) is 4.90 Å². The Hall–Kier alpha value is -1.61. The molecular weight excluding hydrogens is 369 g/mol. The first-order valence-electron chi connectivity index (χ1n) is 8.42. The number of amides is 1. The van der Waals surface area contributed by atoms with Crippen molar-refractivity contribution < 1.29 is 26.4 Å². The summed E-state index contributed by atoms with van der Waals surface area (Å²) in [6.45, 7) is -1.36. The minimum absolute atomic E-state index is 0.0102. The fraction of sp³-hybridized carbons (Fsp3) is 0.588. The van der Waals surface area contributed by atoms with Gasteiger partial charge in [0, 0.05) is 25.7 Å². The van der Waals surface area contributed by atoms with Crippen LogP contribution in [0.4, 0.5) is 13.2 Å². The van der Waals surface area contributed by atoms with Crippen LogP contribution in [0.25, 0.3) is 0 Å². The first-order chi connectivity index (χ1) is 12.0. The zero-order valence-corrected chi connectivity index (χ0v) is 15.6. The van der Waals surface area contributed by atoms with Gasteiger partial charge in [0.2, 0.25) is 10.0 Å². The number of carbonyl (C=O) groups is 1. The van der Waals surface area contributed by atoms with Crippen molar-refractivity contribution in [3.8, 4) is 0 Å². The van der Waals surface area contributed by atoms with Gasteiger partial charge in [-0.3, -0.25) is 4.79 Å². The Labute approximate surface area is 151 Å². The molecule has 146 valence electrons. The highest BCUT2D eigenvalue weighted by atomic mass is 32.2. The number of halogens is 3. The smallest absolute Gasteiger partial charge is 0.333 e. The number of benzene rings is 1. The Morgan fingerprint density at radius 3 is 2.12 bits per heavy atom. The lowest BCUT2D eigenvalue weighted by Gasteiger charge is -2.30. The van der Waals surface area contributed by atoms with Gasteiger partial charge in [-0.15, -0.1) is 0 Å². The molecule has 1 aromatic carbocycles. The van der Waals surface area contributed by atoms with E-state index in [1.54, 1.807) is 7.05 Å². The van der Waals surface area contributed by atoms with E-state index in [4.69, 9.17) is 0 Å². The van der Waals surface area contributed by atoms with Crippen LogP contribution >= 0.6 is 0 Å². The summed E-state index contributed by atoms with van der Waals surface area (Å²) >= 11 is 0. The fourth-order valence-corrected chi connectivity index (χ4v) is 4.55. The molecule has 0 heterocycles. The van der Waals surface area contributed by atoms with Crippen LogP contribution in [0.3, 0.4) is 0 Å². The van der Waals surface area contributed by atoms with E-state index >= 15 is 0 Å². The summed E-state index contributed by atoms with van der Waals surface area (Å²) in [6.07, 6.45) is 0.221. The maximum absolute atomic E-state index is 12.7. The summed E-state index contributed by atoms with van der Waals surface area (Å²) in [5, 5.41) is 0. The molecule has 9 heteroatoms. The van der Waals surface area contributed by atoms with Gasteiger partial charge in [-0.25, -0.2) is 8.42 Å². The van der Waals surface area contributed by atoms with Gasteiger partial charge in [-0.05, 0) is 37.1 Å². The highest BCUT2D eigenvalue weighted by Gasteiger charge is 2.32. The SMILES string of the molecule is CN(CC(F)(F)F)C(=O)c1ccc(S(=O)(=O)N(C)C2CCCCC2)cc1. The van der Waals surface area contributed by atoms with E-state index in [1.807, 2.05) is 0 Å². The molecule has 1 aliphatic carbocycles. The molecule has 0 radical (unpaired) electrons. The predicted molar refractivity (Wildman–Crippen MR) is 91.3 cm³/mol. The van der Waals surface area contributed by atoms with Crippen molar-refractivity contribution in [1.82, 2.24) is 9.21 Å². The molecule has 1 aromatic rings. The Balaban J connectivity index is 2.13. The van der Waals surface area contributed by atoms with Gasteiger partial charge in [0.05, 0.1) is 4.90 Å². The average molecular weight is 392 g/mol.